The Labute approximate surface area is 148 Å². The minimum absolute atomic E-state index is 0.126. The van der Waals surface area contributed by atoms with Gasteiger partial charge in [0, 0.05) is 10.9 Å². The fraction of sp³-hybridized carbons (Fsp3) is 0.273. The van der Waals surface area contributed by atoms with Gasteiger partial charge in [0.15, 0.2) is 0 Å². The van der Waals surface area contributed by atoms with Gasteiger partial charge in [-0.25, -0.2) is 9.78 Å². The third-order valence-corrected chi connectivity index (χ3v) is 4.48. The molecular formula is C22H23NO2. The summed E-state index contributed by atoms with van der Waals surface area (Å²) < 4.78 is 4.81. The average Bonchev–Trinajstić information content (AvgIpc) is 2.59. The number of nitrogens with zero attached hydrogens (tertiary/aromatic N) is 1. The number of pyridine rings is 1. The molecular weight excluding hydrogens is 310 g/mol. The fourth-order valence-corrected chi connectivity index (χ4v) is 2.94. The normalized spacial score (nSPS) is 11.6. The molecule has 0 aliphatic carbocycles. The van der Waals surface area contributed by atoms with E-state index in [1.807, 2.05) is 6.07 Å². The van der Waals surface area contributed by atoms with Gasteiger partial charge in [-0.15, -0.1) is 0 Å². The number of carbonyl (C=O) groups is 1. The highest BCUT2D eigenvalue weighted by Gasteiger charge is 2.14. The zero-order valence-corrected chi connectivity index (χ0v) is 15.4. The van der Waals surface area contributed by atoms with Gasteiger partial charge in [-0.3, -0.25) is 0 Å². The van der Waals surface area contributed by atoms with Crippen LogP contribution in [-0.4, -0.2) is 18.1 Å². The second kappa shape index (κ2) is 6.32. The van der Waals surface area contributed by atoms with Crippen LogP contribution in [0.5, 0.6) is 0 Å². The van der Waals surface area contributed by atoms with Gasteiger partial charge in [-0.1, -0.05) is 51.1 Å². The lowest BCUT2D eigenvalue weighted by Crippen LogP contribution is -2.10. The SMILES string of the molecule is COC(=O)c1ccc2c(C)cc(-c3ccc(C(C)(C)C)cc3)nc2c1. The lowest BCUT2D eigenvalue weighted by Gasteiger charge is -2.19. The standard InChI is InChI=1S/C22H23NO2/c1-14-12-19(15-6-9-17(10-7-15)22(2,3)4)23-20-13-16(21(24)25-5)8-11-18(14)20/h6-13H,1-5H3. The second-order valence-corrected chi connectivity index (χ2v) is 7.38. The van der Waals surface area contributed by atoms with E-state index in [0.29, 0.717) is 5.56 Å². The van der Waals surface area contributed by atoms with Gasteiger partial charge >= 0.3 is 5.97 Å². The molecule has 3 aromatic rings. The maximum Gasteiger partial charge on any atom is 0.337 e. The summed E-state index contributed by atoms with van der Waals surface area (Å²) >= 11 is 0. The van der Waals surface area contributed by atoms with E-state index in [-0.39, 0.29) is 11.4 Å². The van der Waals surface area contributed by atoms with Crippen LogP contribution in [0.15, 0.2) is 48.5 Å². The van der Waals surface area contributed by atoms with Gasteiger partial charge in [-0.05, 0) is 41.7 Å². The first-order valence-corrected chi connectivity index (χ1v) is 8.40. The van der Waals surface area contributed by atoms with E-state index >= 15 is 0 Å². The number of rotatable bonds is 2. The minimum Gasteiger partial charge on any atom is -0.465 e. The van der Waals surface area contributed by atoms with Crippen molar-refractivity contribution in [3.8, 4) is 11.3 Å². The van der Waals surface area contributed by atoms with Crippen LogP contribution in [0.25, 0.3) is 22.2 Å². The van der Waals surface area contributed by atoms with Crippen molar-refractivity contribution >= 4 is 16.9 Å². The molecule has 0 fully saturated rings. The number of esters is 1. The van der Waals surface area contributed by atoms with E-state index in [9.17, 15) is 4.79 Å². The fourth-order valence-electron chi connectivity index (χ4n) is 2.94. The van der Waals surface area contributed by atoms with Gasteiger partial charge in [0.25, 0.3) is 0 Å². The van der Waals surface area contributed by atoms with Crippen LogP contribution < -0.4 is 0 Å². The Hall–Kier alpha value is -2.68. The predicted molar refractivity (Wildman–Crippen MR) is 102 cm³/mol. The largest absolute Gasteiger partial charge is 0.465 e. The molecule has 0 saturated carbocycles. The third kappa shape index (κ3) is 3.41. The molecule has 3 nitrogen and oxygen atoms in total. The highest BCUT2D eigenvalue weighted by molar-refractivity contribution is 5.95. The summed E-state index contributed by atoms with van der Waals surface area (Å²) in [5, 5.41) is 1.04. The predicted octanol–water partition coefficient (Wildman–Crippen LogP) is 5.29. The summed E-state index contributed by atoms with van der Waals surface area (Å²) in [5.41, 5.74) is 5.85. The monoisotopic (exact) mass is 333 g/mol. The maximum absolute atomic E-state index is 11.8. The topological polar surface area (TPSA) is 39.2 Å². The molecule has 0 bridgehead atoms. The van der Waals surface area contributed by atoms with Crippen LogP contribution in [0.4, 0.5) is 0 Å². The molecule has 0 spiro atoms. The lowest BCUT2D eigenvalue weighted by molar-refractivity contribution is 0.0601. The maximum atomic E-state index is 11.8. The van der Waals surface area contributed by atoms with Crippen molar-refractivity contribution in [1.29, 1.82) is 0 Å². The second-order valence-electron chi connectivity index (χ2n) is 7.38. The van der Waals surface area contributed by atoms with Crippen LogP contribution in [-0.2, 0) is 10.2 Å². The Kier molecular flexibility index (Phi) is 4.34. The van der Waals surface area contributed by atoms with Crippen molar-refractivity contribution in [2.45, 2.75) is 33.1 Å². The molecule has 1 aromatic heterocycles. The molecule has 3 rings (SSSR count). The van der Waals surface area contributed by atoms with Gasteiger partial charge in [0.1, 0.15) is 0 Å². The summed E-state index contributed by atoms with van der Waals surface area (Å²) in [6.45, 7) is 8.67. The van der Waals surface area contributed by atoms with E-state index in [4.69, 9.17) is 9.72 Å². The van der Waals surface area contributed by atoms with E-state index in [2.05, 4.69) is 58.0 Å². The zero-order chi connectivity index (χ0) is 18.2. The van der Waals surface area contributed by atoms with Crippen molar-refractivity contribution in [3.05, 3.63) is 65.2 Å². The molecule has 0 radical (unpaired) electrons. The molecule has 2 aromatic carbocycles. The number of aryl methyl sites for hydroxylation is 1. The van der Waals surface area contributed by atoms with Gasteiger partial charge < -0.3 is 4.74 Å². The summed E-state index contributed by atoms with van der Waals surface area (Å²) in [5.74, 6) is -0.346. The van der Waals surface area contributed by atoms with Crippen LogP contribution in [0, 0.1) is 6.92 Å². The molecule has 0 N–H and O–H groups in total. The molecule has 128 valence electrons. The van der Waals surface area contributed by atoms with Crippen molar-refractivity contribution in [1.82, 2.24) is 4.98 Å². The van der Waals surface area contributed by atoms with Crippen molar-refractivity contribution in [2.75, 3.05) is 7.11 Å². The Morgan fingerprint density at radius 1 is 1.00 bits per heavy atom. The number of methoxy groups -OCH3 is 1. The summed E-state index contributed by atoms with van der Waals surface area (Å²) in [4.78, 5) is 16.5. The molecule has 3 heteroatoms. The number of hydrogen-bond donors (Lipinski definition) is 0. The molecule has 0 amide bonds. The van der Waals surface area contributed by atoms with Crippen molar-refractivity contribution in [2.24, 2.45) is 0 Å². The van der Waals surface area contributed by atoms with E-state index in [1.54, 1.807) is 12.1 Å². The quantitative estimate of drug-likeness (QED) is 0.598. The molecule has 1 heterocycles. The highest BCUT2D eigenvalue weighted by Crippen LogP contribution is 2.28. The Morgan fingerprint density at radius 3 is 2.28 bits per heavy atom. The van der Waals surface area contributed by atoms with E-state index in [0.717, 1.165) is 27.7 Å². The van der Waals surface area contributed by atoms with Crippen LogP contribution >= 0.6 is 0 Å². The summed E-state index contributed by atoms with van der Waals surface area (Å²) in [7, 11) is 1.39. The Morgan fingerprint density at radius 2 is 1.68 bits per heavy atom. The summed E-state index contributed by atoms with van der Waals surface area (Å²) in [6.07, 6.45) is 0. The molecule has 0 aliphatic heterocycles. The molecule has 0 atom stereocenters. The zero-order valence-electron chi connectivity index (χ0n) is 15.4. The third-order valence-electron chi connectivity index (χ3n) is 4.48. The van der Waals surface area contributed by atoms with Gasteiger partial charge in [-0.2, -0.15) is 0 Å². The van der Waals surface area contributed by atoms with Crippen LogP contribution in [0.1, 0.15) is 42.3 Å². The van der Waals surface area contributed by atoms with Crippen molar-refractivity contribution < 1.29 is 9.53 Å². The van der Waals surface area contributed by atoms with E-state index < -0.39 is 0 Å². The molecule has 0 saturated heterocycles. The van der Waals surface area contributed by atoms with E-state index in [1.165, 1.54) is 12.7 Å². The highest BCUT2D eigenvalue weighted by atomic mass is 16.5. The first-order valence-electron chi connectivity index (χ1n) is 8.40. The number of benzene rings is 2. The van der Waals surface area contributed by atoms with Crippen LogP contribution in [0.3, 0.4) is 0 Å². The summed E-state index contributed by atoms with van der Waals surface area (Å²) in [6, 6.07) is 16.1. The van der Waals surface area contributed by atoms with Gasteiger partial charge in [0.2, 0.25) is 0 Å². The smallest absolute Gasteiger partial charge is 0.337 e. The average molecular weight is 333 g/mol. The number of fused-ring (bicyclic) bond motifs is 1. The number of aromatic nitrogens is 1. The van der Waals surface area contributed by atoms with Gasteiger partial charge in [0.05, 0.1) is 23.9 Å². The van der Waals surface area contributed by atoms with Crippen molar-refractivity contribution in [3.63, 3.8) is 0 Å². The molecule has 0 aliphatic rings. The van der Waals surface area contributed by atoms with Crippen LogP contribution in [0.2, 0.25) is 0 Å². The molecule has 0 unspecified atom stereocenters. The Balaban J connectivity index is 2.09. The first kappa shape index (κ1) is 17.2. The minimum atomic E-state index is -0.346. The number of hydrogen-bond acceptors (Lipinski definition) is 3. The lowest BCUT2D eigenvalue weighted by atomic mass is 9.86. The number of carbonyl (C=O) groups excluding carboxylic acids is 1. The Bertz CT molecular complexity index is 935. The molecule has 25 heavy (non-hydrogen) atoms. The number of ether oxygens (including phenoxy) is 1. The first-order chi connectivity index (χ1) is 11.8.